The van der Waals surface area contributed by atoms with Gasteiger partial charge in [-0.15, -0.1) is 0 Å². The summed E-state index contributed by atoms with van der Waals surface area (Å²) >= 11 is 0. The number of nitrogens with zero attached hydrogens (tertiary/aromatic N) is 1. The molecule has 0 unspecified atom stereocenters. The highest BCUT2D eigenvalue weighted by Gasteiger charge is 2.25. The lowest BCUT2D eigenvalue weighted by Crippen LogP contribution is -2.30. The van der Waals surface area contributed by atoms with E-state index in [2.05, 4.69) is 5.32 Å². The zero-order valence-electron chi connectivity index (χ0n) is 7.82. The van der Waals surface area contributed by atoms with Crippen LogP contribution in [-0.4, -0.2) is 50.4 Å². The van der Waals surface area contributed by atoms with Crippen molar-refractivity contribution in [2.75, 3.05) is 25.1 Å². The Morgan fingerprint density at radius 1 is 1.43 bits per heavy atom. The molecule has 0 saturated carbocycles. The van der Waals surface area contributed by atoms with Gasteiger partial charge in [-0.2, -0.15) is 0 Å². The molecule has 1 aliphatic rings. The third-order valence-corrected chi connectivity index (χ3v) is 2.84. The molecule has 1 fully saturated rings. The minimum Gasteiger partial charge on any atom is -0.315 e. The number of hydrogen-bond acceptors (Lipinski definition) is 4. The molecular formula is C7H12N2O4S. The van der Waals surface area contributed by atoms with E-state index in [0.29, 0.717) is 13.0 Å². The summed E-state index contributed by atoms with van der Waals surface area (Å²) in [5.74, 6) is -0.306. The van der Waals surface area contributed by atoms with Gasteiger partial charge in [-0.1, -0.05) is 0 Å². The average Bonchev–Trinajstić information content (AvgIpc) is 2.27. The molecule has 0 radical (unpaired) electrons. The van der Waals surface area contributed by atoms with E-state index in [4.69, 9.17) is 0 Å². The molecule has 80 valence electrons. The first kappa shape index (κ1) is 11.0. The fraction of sp³-hybridized carbons (Fsp3) is 0.714. The maximum atomic E-state index is 11.0. The number of carbonyl (C=O) groups excluding carboxylic acids is 2. The summed E-state index contributed by atoms with van der Waals surface area (Å²) in [4.78, 5) is 23.0. The molecule has 1 rings (SSSR count). The van der Waals surface area contributed by atoms with Gasteiger partial charge in [0.05, 0.1) is 5.75 Å². The maximum Gasteiger partial charge on any atom is 0.324 e. The highest BCUT2D eigenvalue weighted by atomic mass is 32.2. The van der Waals surface area contributed by atoms with E-state index in [1.807, 2.05) is 0 Å². The minimum atomic E-state index is -2.99. The van der Waals surface area contributed by atoms with Gasteiger partial charge in [0.25, 0.3) is 0 Å². The Labute approximate surface area is 82.2 Å². The fourth-order valence-corrected chi connectivity index (χ4v) is 1.83. The molecule has 6 nitrogen and oxygen atoms in total. The van der Waals surface area contributed by atoms with Crippen molar-refractivity contribution in [3.8, 4) is 0 Å². The first-order chi connectivity index (χ1) is 6.38. The van der Waals surface area contributed by atoms with Crippen molar-refractivity contribution in [1.82, 2.24) is 10.2 Å². The quantitative estimate of drug-likeness (QED) is 0.614. The number of sulfone groups is 1. The van der Waals surface area contributed by atoms with Crippen LogP contribution in [0, 0.1) is 0 Å². The first-order valence-corrected chi connectivity index (χ1v) is 6.21. The lowest BCUT2D eigenvalue weighted by Gasteiger charge is -2.11. The van der Waals surface area contributed by atoms with Gasteiger partial charge in [0.1, 0.15) is 16.4 Å². The second-order valence-electron chi connectivity index (χ2n) is 3.26. The van der Waals surface area contributed by atoms with Gasteiger partial charge in [0.15, 0.2) is 0 Å². The molecule has 0 spiro atoms. The molecule has 1 heterocycles. The van der Waals surface area contributed by atoms with E-state index in [-0.39, 0.29) is 18.2 Å². The Morgan fingerprint density at radius 2 is 2.07 bits per heavy atom. The van der Waals surface area contributed by atoms with E-state index in [1.54, 1.807) is 0 Å². The molecule has 14 heavy (non-hydrogen) atoms. The molecule has 0 aromatic rings. The summed E-state index contributed by atoms with van der Waals surface area (Å²) in [6.07, 6.45) is 1.50. The van der Waals surface area contributed by atoms with Crippen LogP contribution in [0.25, 0.3) is 0 Å². The lowest BCUT2D eigenvalue weighted by molar-refractivity contribution is -0.118. The normalized spacial score (nSPS) is 17.4. The summed E-state index contributed by atoms with van der Waals surface area (Å²) < 4.78 is 21.5. The van der Waals surface area contributed by atoms with Crippen LogP contribution in [-0.2, 0) is 14.6 Å². The van der Waals surface area contributed by atoms with Crippen molar-refractivity contribution in [2.45, 2.75) is 6.42 Å². The molecule has 3 amide bonds. The van der Waals surface area contributed by atoms with E-state index < -0.39 is 15.9 Å². The zero-order chi connectivity index (χ0) is 10.8. The van der Waals surface area contributed by atoms with Gasteiger partial charge in [-0.05, 0) is 6.42 Å². The van der Waals surface area contributed by atoms with Crippen molar-refractivity contribution in [1.29, 1.82) is 0 Å². The molecule has 1 aliphatic heterocycles. The standard InChI is InChI=1S/C7H12N2O4S/c1-14(12,13)4-2-3-9-5-6(10)8-7(9)11/h2-5H2,1H3,(H,8,10,11). The van der Waals surface area contributed by atoms with Crippen LogP contribution in [0.15, 0.2) is 0 Å². The van der Waals surface area contributed by atoms with Gasteiger partial charge >= 0.3 is 6.03 Å². The second-order valence-corrected chi connectivity index (χ2v) is 5.52. The molecule has 0 atom stereocenters. The zero-order valence-corrected chi connectivity index (χ0v) is 8.63. The Hall–Kier alpha value is -1.11. The van der Waals surface area contributed by atoms with Crippen LogP contribution in [0.1, 0.15) is 6.42 Å². The summed E-state index contributed by atoms with van der Waals surface area (Å²) in [6.45, 7) is 0.327. The van der Waals surface area contributed by atoms with E-state index >= 15 is 0 Å². The van der Waals surface area contributed by atoms with Crippen molar-refractivity contribution >= 4 is 21.8 Å². The van der Waals surface area contributed by atoms with Crippen LogP contribution in [0.3, 0.4) is 0 Å². The fourth-order valence-electron chi connectivity index (χ4n) is 1.18. The van der Waals surface area contributed by atoms with E-state index in [9.17, 15) is 18.0 Å². The summed E-state index contributed by atoms with van der Waals surface area (Å²) in [6, 6.07) is -0.441. The van der Waals surface area contributed by atoms with Crippen LogP contribution in [0.2, 0.25) is 0 Å². The van der Waals surface area contributed by atoms with Gasteiger partial charge in [-0.25, -0.2) is 13.2 Å². The Morgan fingerprint density at radius 3 is 2.50 bits per heavy atom. The molecule has 1 N–H and O–H groups in total. The van der Waals surface area contributed by atoms with E-state index in [1.165, 1.54) is 4.90 Å². The number of rotatable bonds is 4. The monoisotopic (exact) mass is 220 g/mol. The highest BCUT2D eigenvalue weighted by Crippen LogP contribution is 2.00. The largest absolute Gasteiger partial charge is 0.324 e. The smallest absolute Gasteiger partial charge is 0.315 e. The molecule has 0 bridgehead atoms. The third kappa shape index (κ3) is 3.33. The number of hydrogen-bond donors (Lipinski definition) is 1. The van der Waals surface area contributed by atoms with Crippen molar-refractivity contribution in [3.05, 3.63) is 0 Å². The van der Waals surface area contributed by atoms with Crippen LogP contribution in [0.5, 0.6) is 0 Å². The number of urea groups is 1. The Kier molecular flexibility index (Phi) is 3.10. The number of amides is 3. The minimum absolute atomic E-state index is 0.0304. The maximum absolute atomic E-state index is 11.0. The Balaban J connectivity index is 2.33. The summed E-state index contributed by atoms with van der Waals surface area (Å²) in [5.41, 5.74) is 0. The molecule has 0 aromatic heterocycles. The van der Waals surface area contributed by atoms with E-state index in [0.717, 1.165) is 6.26 Å². The van der Waals surface area contributed by atoms with Gasteiger partial charge in [-0.3, -0.25) is 10.1 Å². The summed E-state index contributed by atoms with van der Waals surface area (Å²) in [7, 11) is -2.99. The molecule has 0 aromatic carbocycles. The topological polar surface area (TPSA) is 83.6 Å². The SMILES string of the molecule is CS(=O)(=O)CCCN1CC(=O)NC1=O. The lowest BCUT2D eigenvalue weighted by atomic mass is 10.4. The van der Waals surface area contributed by atoms with Gasteiger partial charge in [0.2, 0.25) is 5.91 Å². The molecule has 1 saturated heterocycles. The van der Waals surface area contributed by atoms with Crippen molar-refractivity contribution in [3.63, 3.8) is 0 Å². The third-order valence-electron chi connectivity index (χ3n) is 1.81. The van der Waals surface area contributed by atoms with Crippen molar-refractivity contribution < 1.29 is 18.0 Å². The van der Waals surface area contributed by atoms with Gasteiger partial charge in [0, 0.05) is 12.8 Å². The molecule has 0 aliphatic carbocycles. The highest BCUT2D eigenvalue weighted by molar-refractivity contribution is 7.90. The predicted molar refractivity (Wildman–Crippen MR) is 49.4 cm³/mol. The average molecular weight is 220 g/mol. The van der Waals surface area contributed by atoms with Crippen LogP contribution < -0.4 is 5.32 Å². The summed E-state index contributed by atoms with van der Waals surface area (Å²) in [5, 5.41) is 2.11. The van der Waals surface area contributed by atoms with Gasteiger partial charge < -0.3 is 4.90 Å². The van der Waals surface area contributed by atoms with Crippen LogP contribution in [0.4, 0.5) is 4.79 Å². The predicted octanol–water partition coefficient (Wildman–Crippen LogP) is -1.03. The number of carbonyl (C=O) groups is 2. The Bertz CT molecular complexity index is 349. The number of nitrogens with one attached hydrogen (secondary N) is 1. The van der Waals surface area contributed by atoms with Crippen molar-refractivity contribution in [2.24, 2.45) is 0 Å². The second kappa shape index (κ2) is 3.95. The molecular weight excluding hydrogens is 208 g/mol. The molecule has 7 heteroatoms. The van der Waals surface area contributed by atoms with Crippen LogP contribution >= 0.6 is 0 Å². The first-order valence-electron chi connectivity index (χ1n) is 4.15. The number of imide groups is 1.